The van der Waals surface area contributed by atoms with Crippen LogP contribution in [0.2, 0.25) is 0 Å². The summed E-state index contributed by atoms with van der Waals surface area (Å²) >= 11 is 0. The molecule has 0 amide bonds. The second kappa shape index (κ2) is 8.99. The summed E-state index contributed by atoms with van der Waals surface area (Å²) in [4.78, 5) is 24.9. The molecule has 2 aromatic carbocycles. The average Bonchev–Trinajstić information content (AvgIpc) is 3.18. The summed E-state index contributed by atoms with van der Waals surface area (Å²) in [7, 11) is 1.92. The molecule has 0 saturated heterocycles. The predicted molar refractivity (Wildman–Crippen MR) is 107 cm³/mol. The molecule has 3 aromatic rings. The first-order chi connectivity index (χ1) is 14.0. The molecule has 1 aliphatic rings. The van der Waals surface area contributed by atoms with Crippen LogP contribution in [0.1, 0.15) is 26.3 Å². The first kappa shape index (κ1) is 20.0. The Morgan fingerprint density at radius 2 is 1.72 bits per heavy atom. The molecule has 0 fully saturated rings. The number of fused-ring (bicyclic) bond motifs is 1. The zero-order chi connectivity index (χ0) is 20.8. The molecule has 0 bridgehead atoms. The highest BCUT2D eigenvalue weighted by molar-refractivity contribution is 5.93. The number of nitrogens with zero attached hydrogens (tertiary/aromatic N) is 1. The lowest BCUT2D eigenvalue weighted by Crippen LogP contribution is -2.29. The Bertz CT molecular complexity index is 991. The van der Waals surface area contributed by atoms with Gasteiger partial charge in [-0.15, -0.1) is 0 Å². The van der Waals surface area contributed by atoms with Crippen LogP contribution in [0.15, 0.2) is 67.0 Å². The van der Waals surface area contributed by atoms with Gasteiger partial charge in [0, 0.05) is 29.9 Å². The number of likely N-dealkylation sites (N-methyl/N-ethyl adjacent to an activating group) is 1. The third-order valence-corrected chi connectivity index (χ3v) is 4.41. The lowest BCUT2D eigenvalue weighted by Gasteiger charge is -2.11. The molecule has 1 unspecified atom stereocenters. The molecule has 0 saturated carbocycles. The summed E-state index contributed by atoms with van der Waals surface area (Å²) in [6.45, 7) is 0. The van der Waals surface area contributed by atoms with Gasteiger partial charge in [-0.2, -0.15) is 0 Å². The van der Waals surface area contributed by atoms with Gasteiger partial charge in [0.1, 0.15) is 5.75 Å². The summed E-state index contributed by atoms with van der Waals surface area (Å²) in [5.74, 6) is -1.27. The predicted octanol–water partition coefficient (Wildman–Crippen LogP) is 3.31. The third-order valence-electron chi connectivity index (χ3n) is 4.41. The van der Waals surface area contributed by atoms with Crippen LogP contribution in [-0.2, 0) is 6.42 Å². The highest BCUT2D eigenvalue weighted by Gasteiger charge is 2.24. The molecule has 0 spiro atoms. The number of aromatic carboxylic acids is 2. The molecule has 1 aromatic heterocycles. The van der Waals surface area contributed by atoms with E-state index in [-0.39, 0.29) is 17.4 Å². The molecular weight excluding hydrogens is 372 g/mol. The summed E-state index contributed by atoms with van der Waals surface area (Å²) in [5, 5.41) is 20.1. The van der Waals surface area contributed by atoms with E-state index in [4.69, 9.17) is 14.9 Å². The van der Waals surface area contributed by atoms with Gasteiger partial charge in [-0.3, -0.25) is 10.3 Å². The number of hydrogen-bond donors (Lipinski definition) is 3. The molecule has 0 radical (unpaired) electrons. The second-order valence-electron chi connectivity index (χ2n) is 6.33. The first-order valence-corrected chi connectivity index (χ1v) is 8.92. The molecule has 148 valence electrons. The van der Waals surface area contributed by atoms with Crippen LogP contribution in [0.25, 0.3) is 11.1 Å². The second-order valence-corrected chi connectivity index (χ2v) is 6.33. The lowest BCUT2D eigenvalue weighted by atomic mass is 10.0. The molecule has 7 heteroatoms. The van der Waals surface area contributed by atoms with Gasteiger partial charge in [-0.25, -0.2) is 9.59 Å². The largest absolute Gasteiger partial charge is 0.478 e. The molecule has 7 nitrogen and oxygen atoms in total. The number of nitrogens with one attached hydrogen (secondary N) is 1. The minimum atomic E-state index is -1.13. The third kappa shape index (κ3) is 4.77. The van der Waals surface area contributed by atoms with Gasteiger partial charge in [0.25, 0.3) is 0 Å². The van der Waals surface area contributed by atoms with Gasteiger partial charge in [0.05, 0.1) is 11.1 Å². The Labute approximate surface area is 167 Å². The van der Waals surface area contributed by atoms with Crippen LogP contribution in [0, 0.1) is 0 Å². The quantitative estimate of drug-likeness (QED) is 0.625. The van der Waals surface area contributed by atoms with Crippen LogP contribution in [0.4, 0.5) is 0 Å². The van der Waals surface area contributed by atoms with E-state index >= 15 is 0 Å². The molecule has 1 aliphatic heterocycles. The Balaban J connectivity index is 0.000000177. The minimum Gasteiger partial charge on any atom is -0.478 e. The van der Waals surface area contributed by atoms with Crippen molar-refractivity contribution in [3.8, 4) is 16.9 Å². The van der Waals surface area contributed by atoms with Gasteiger partial charge in [-0.1, -0.05) is 30.3 Å². The van der Waals surface area contributed by atoms with E-state index < -0.39 is 11.9 Å². The standard InChI is InChI=1S/C14H14N2O.C8H6O4/c1-15-13-8-10-4-2-6-12(14(10)17-13)11-5-3-7-16-9-11;9-7(10)5-2-1-3-6(4-5)8(11)12/h2-7,9,13,15H,8H2,1H3;1-4H,(H,9,10)(H,11,12). The number of para-hydroxylation sites is 1. The van der Waals surface area contributed by atoms with Crippen LogP contribution in [-0.4, -0.2) is 40.4 Å². The zero-order valence-corrected chi connectivity index (χ0v) is 15.7. The number of rotatable bonds is 4. The van der Waals surface area contributed by atoms with E-state index in [1.807, 2.05) is 19.3 Å². The number of hydrogen-bond acceptors (Lipinski definition) is 5. The van der Waals surface area contributed by atoms with Gasteiger partial charge < -0.3 is 14.9 Å². The SMILES string of the molecule is CNC1Cc2cccc(-c3cccnc3)c2O1.O=C(O)c1cccc(C(=O)O)c1. The van der Waals surface area contributed by atoms with Gasteiger partial charge in [-0.05, 0) is 36.9 Å². The molecular formula is C22H20N2O5. The minimum absolute atomic E-state index is 0.0186. The Hall–Kier alpha value is -3.71. The summed E-state index contributed by atoms with van der Waals surface area (Å²) < 4.78 is 5.90. The summed E-state index contributed by atoms with van der Waals surface area (Å²) in [6.07, 6.45) is 4.65. The van der Waals surface area contributed by atoms with Crippen LogP contribution in [0.5, 0.6) is 5.75 Å². The van der Waals surface area contributed by atoms with Gasteiger partial charge in [0.2, 0.25) is 0 Å². The van der Waals surface area contributed by atoms with Crippen molar-refractivity contribution in [1.82, 2.24) is 10.3 Å². The highest BCUT2D eigenvalue weighted by atomic mass is 16.5. The average molecular weight is 392 g/mol. The number of pyridine rings is 1. The highest BCUT2D eigenvalue weighted by Crippen LogP contribution is 2.37. The van der Waals surface area contributed by atoms with E-state index in [9.17, 15) is 9.59 Å². The van der Waals surface area contributed by atoms with Gasteiger partial charge >= 0.3 is 11.9 Å². The van der Waals surface area contributed by atoms with Crippen molar-refractivity contribution >= 4 is 11.9 Å². The van der Waals surface area contributed by atoms with E-state index in [1.165, 1.54) is 23.8 Å². The molecule has 2 heterocycles. The topological polar surface area (TPSA) is 109 Å². The molecule has 29 heavy (non-hydrogen) atoms. The van der Waals surface area contributed by atoms with Crippen molar-refractivity contribution in [2.45, 2.75) is 12.6 Å². The van der Waals surface area contributed by atoms with Crippen molar-refractivity contribution in [2.75, 3.05) is 7.05 Å². The van der Waals surface area contributed by atoms with E-state index in [0.29, 0.717) is 0 Å². The maximum absolute atomic E-state index is 10.4. The van der Waals surface area contributed by atoms with Crippen molar-refractivity contribution < 1.29 is 24.5 Å². The molecule has 3 N–H and O–H groups in total. The monoisotopic (exact) mass is 392 g/mol. The maximum atomic E-state index is 10.4. The lowest BCUT2D eigenvalue weighted by molar-refractivity contribution is 0.0696. The fourth-order valence-corrected chi connectivity index (χ4v) is 2.96. The Kier molecular flexibility index (Phi) is 6.21. The number of carbonyl (C=O) groups is 2. The van der Waals surface area contributed by atoms with Crippen LogP contribution < -0.4 is 10.1 Å². The summed E-state index contributed by atoms with van der Waals surface area (Å²) in [5.41, 5.74) is 3.44. The molecule has 4 rings (SSSR count). The number of benzene rings is 2. The number of carboxylic acids is 2. The number of ether oxygens (including phenoxy) is 1. The number of carboxylic acid groups (broad SMARTS) is 2. The van der Waals surface area contributed by atoms with Crippen LogP contribution >= 0.6 is 0 Å². The first-order valence-electron chi connectivity index (χ1n) is 8.92. The maximum Gasteiger partial charge on any atom is 0.335 e. The Morgan fingerprint density at radius 3 is 2.31 bits per heavy atom. The molecule has 0 aliphatic carbocycles. The van der Waals surface area contributed by atoms with E-state index in [0.717, 1.165) is 29.4 Å². The van der Waals surface area contributed by atoms with Crippen molar-refractivity contribution in [3.05, 3.63) is 83.7 Å². The van der Waals surface area contributed by atoms with Gasteiger partial charge in [0.15, 0.2) is 6.23 Å². The fraction of sp³-hybridized carbons (Fsp3) is 0.136. The molecule has 1 atom stereocenters. The van der Waals surface area contributed by atoms with Crippen molar-refractivity contribution in [2.24, 2.45) is 0 Å². The van der Waals surface area contributed by atoms with Crippen LogP contribution in [0.3, 0.4) is 0 Å². The van der Waals surface area contributed by atoms with Crippen molar-refractivity contribution in [3.63, 3.8) is 0 Å². The normalized spacial score (nSPS) is 14.2. The fourth-order valence-electron chi connectivity index (χ4n) is 2.96. The van der Waals surface area contributed by atoms with Crippen molar-refractivity contribution in [1.29, 1.82) is 0 Å². The van der Waals surface area contributed by atoms with E-state index in [2.05, 4.69) is 34.6 Å². The smallest absolute Gasteiger partial charge is 0.335 e. The number of aromatic nitrogens is 1. The Morgan fingerprint density at radius 1 is 1.03 bits per heavy atom. The van der Waals surface area contributed by atoms with E-state index in [1.54, 1.807) is 6.20 Å². The summed E-state index contributed by atoms with van der Waals surface area (Å²) in [6, 6.07) is 15.5. The zero-order valence-electron chi connectivity index (χ0n) is 15.7.